The summed E-state index contributed by atoms with van der Waals surface area (Å²) in [6.45, 7) is 1.47. The molecule has 0 saturated carbocycles. The Morgan fingerprint density at radius 3 is 2.54 bits per heavy atom. The van der Waals surface area contributed by atoms with Crippen molar-refractivity contribution in [2.45, 2.75) is 23.7 Å². The Labute approximate surface area is 160 Å². The second-order valence-electron chi connectivity index (χ2n) is 5.26. The highest BCUT2D eigenvalue weighted by atomic mass is 32.2. The maximum Gasteiger partial charge on any atom is 0.316 e. The van der Waals surface area contributed by atoms with Crippen LogP contribution in [0.1, 0.15) is 11.8 Å². The second-order valence-corrected chi connectivity index (χ2v) is 8.84. The summed E-state index contributed by atoms with van der Waals surface area (Å²) in [5.41, 5.74) is 0.373. The third-order valence-corrected chi connectivity index (χ3v) is 6.12. The number of hydrogen-bond donors (Lipinski definition) is 2. The Bertz CT molecular complexity index is 849. The van der Waals surface area contributed by atoms with E-state index in [0.29, 0.717) is 11.4 Å². The number of benzene rings is 1. The van der Waals surface area contributed by atoms with Crippen molar-refractivity contribution >= 4 is 50.7 Å². The highest BCUT2D eigenvalue weighted by molar-refractivity contribution is 7.99. The third kappa shape index (κ3) is 6.45. The molecule has 140 valence electrons. The van der Waals surface area contributed by atoms with Gasteiger partial charge in [0, 0.05) is 16.3 Å². The number of rotatable bonds is 8. The Kier molecular flexibility index (Phi) is 7.21. The van der Waals surface area contributed by atoms with Crippen molar-refractivity contribution in [3.8, 4) is 0 Å². The summed E-state index contributed by atoms with van der Waals surface area (Å²) in [5, 5.41) is 9.52. The first kappa shape index (κ1) is 20.4. The zero-order valence-corrected chi connectivity index (χ0v) is 16.3. The van der Waals surface area contributed by atoms with Gasteiger partial charge < -0.3 is 10.1 Å². The smallest absolute Gasteiger partial charge is 0.316 e. The Hall–Kier alpha value is -1.88. The number of carbonyl (C=O) groups is 2. The number of thiophene rings is 1. The van der Waals surface area contributed by atoms with Crippen LogP contribution in [-0.4, -0.2) is 32.2 Å². The number of amides is 1. The molecule has 0 bridgehead atoms. The van der Waals surface area contributed by atoms with E-state index < -0.39 is 28.0 Å². The molecule has 0 radical (unpaired) electrons. The first-order valence-corrected chi connectivity index (χ1v) is 11.1. The number of ether oxygens (including phenoxy) is 1. The summed E-state index contributed by atoms with van der Waals surface area (Å²) in [4.78, 5) is 25.0. The van der Waals surface area contributed by atoms with E-state index in [9.17, 15) is 18.0 Å². The minimum atomic E-state index is -3.79. The number of nitrogens with one attached hydrogen (secondary N) is 1. The third-order valence-electron chi connectivity index (χ3n) is 3.17. The fourth-order valence-electron chi connectivity index (χ4n) is 1.89. The van der Waals surface area contributed by atoms with E-state index >= 15 is 0 Å². The zero-order valence-electron chi connectivity index (χ0n) is 13.9. The molecule has 1 atom stereocenters. The predicted octanol–water partition coefficient (Wildman–Crippen LogP) is 2.20. The van der Waals surface area contributed by atoms with Gasteiger partial charge in [-0.05, 0) is 42.6 Å². The van der Waals surface area contributed by atoms with Crippen LogP contribution >= 0.6 is 23.1 Å². The zero-order chi connectivity index (χ0) is 19.2. The van der Waals surface area contributed by atoms with Crippen molar-refractivity contribution < 1.29 is 22.7 Å². The van der Waals surface area contributed by atoms with Gasteiger partial charge in [0.15, 0.2) is 6.10 Å². The van der Waals surface area contributed by atoms with Crippen LogP contribution in [0.2, 0.25) is 0 Å². The van der Waals surface area contributed by atoms with E-state index in [1.807, 2.05) is 17.5 Å². The van der Waals surface area contributed by atoms with Crippen molar-refractivity contribution in [2.75, 3.05) is 11.1 Å². The lowest BCUT2D eigenvalue weighted by Gasteiger charge is -2.13. The molecule has 2 rings (SSSR count). The molecule has 0 aliphatic rings. The quantitative estimate of drug-likeness (QED) is 0.640. The summed E-state index contributed by atoms with van der Waals surface area (Å²) in [6.07, 6.45) is -0.970. The fraction of sp³-hybridized carbons (Fsp3) is 0.250. The molecule has 0 saturated heterocycles. The van der Waals surface area contributed by atoms with Gasteiger partial charge >= 0.3 is 5.97 Å². The van der Waals surface area contributed by atoms with Crippen LogP contribution in [0.4, 0.5) is 5.69 Å². The minimum absolute atomic E-state index is 0.0576. The number of esters is 1. The van der Waals surface area contributed by atoms with Gasteiger partial charge in [-0.2, -0.15) is 0 Å². The van der Waals surface area contributed by atoms with E-state index in [1.54, 1.807) is 11.3 Å². The van der Waals surface area contributed by atoms with Crippen molar-refractivity contribution in [2.24, 2.45) is 5.14 Å². The molecule has 0 aliphatic heterocycles. The highest BCUT2D eigenvalue weighted by Crippen LogP contribution is 2.17. The number of hydrogen-bond acceptors (Lipinski definition) is 7. The number of primary sulfonamides is 1. The molecule has 1 aromatic carbocycles. The summed E-state index contributed by atoms with van der Waals surface area (Å²) in [6, 6.07) is 9.30. The standard InChI is InChI=1S/C16H18N2O5S3/c1-11(23-15(19)10-24-9-13-3-2-8-25-13)16(20)18-12-4-6-14(7-5-12)26(17,21)22/h2-8,11H,9-10H2,1H3,(H,18,20)(H2,17,21,22)/t11-/m1/s1. The largest absolute Gasteiger partial charge is 0.452 e. The van der Waals surface area contributed by atoms with Crippen molar-refractivity contribution in [1.82, 2.24) is 0 Å². The maximum atomic E-state index is 12.1. The molecule has 0 aliphatic carbocycles. The number of thioether (sulfide) groups is 1. The molecule has 0 fully saturated rings. The SMILES string of the molecule is C[C@@H](OC(=O)CSCc1cccs1)C(=O)Nc1ccc(S(N)(=O)=O)cc1. The normalized spacial score (nSPS) is 12.4. The lowest BCUT2D eigenvalue weighted by Crippen LogP contribution is -2.30. The summed E-state index contributed by atoms with van der Waals surface area (Å²) >= 11 is 3.03. The Morgan fingerprint density at radius 2 is 1.96 bits per heavy atom. The van der Waals surface area contributed by atoms with Gasteiger partial charge in [0.05, 0.1) is 10.6 Å². The van der Waals surface area contributed by atoms with Crippen LogP contribution in [-0.2, 0) is 30.1 Å². The molecule has 1 amide bonds. The van der Waals surface area contributed by atoms with Gasteiger partial charge in [0.25, 0.3) is 5.91 Å². The minimum Gasteiger partial charge on any atom is -0.452 e. The van der Waals surface area contributed by atoms with Gasteiger partial charge in [0.2, 0.25) is 10.0 Å². The first-order valence-electron chi connectivity index (χ1n) is 7.49. The fourth-order valence-corrected chi connectivity index (χ4v) is 4.05. The molecule has 3 N–H and O–H groups in total. The number of nitrogens with two attached hydrogens (primary N) is 1. The average Bonchev–Trinajstić information content (AvgIpc) is 3.07. The van der Waals surface area contributed by atoms with Crippen LogP contribution in [0.3, 0.4) is 0 Å². The summed E-state index contributed by atoms with van der Waals surface area (Å²) in [5.74, 6) is -0.119. The summed E-state index contributed by atoms with van der Waals surface area (Å²) in [7, 11) is -3.79. The Balaban J connectivity index is 1.78. The van der Waals surface area contributed by atoms with E-state index in [4.69, 9.17) is 9.88 Å². The molecule has 2 aromatic rings. The number of anilines is 1. The molecule has 1 aromatic heterocycles. The van der Waals surface area contributed by atoms with Crippen molar-refractivity contribution in [3.63, 3.8) is 0 Å². The molecule has 7 nitrogen and oxygen atoms in total. The van der Waals surface area contributed by atoms with Gasteiger partial charge in [-0.15, -0.1) is 23.1 Å². The molecular formula is C16H18N2O5S3. The van der Waals surface area contributed by atoms with Crippen LogP contribution in [0.15, 0.2) is 46.7 Å². The molecule has 0 unspecified atom stereocenters. The Morgan fingerprint density at radius 1 is 1.27 bits per heavy atom. The summed E-state index contributed by atoms with van der Waals surface area (Å²) < 4.78 is 27.5. The van der Waals surface area contributed by atoms with E-state index in [0.717, 1.165) is 4.88 Å². The lowest BCUT2D eigenvalue weighted by molar-refractivity contribution is -0.150. The van der Waals surface area contributed by atoms with Gasteiger partial charge in [-0.3, -0.25) is 9.59 Å². The topological polar surface area (TPSA) is 116 Å². The van der Waals surface area contributed by atoms with Crippen LogP contribution in [0.25, 0.3) is 0 Å². The maximum absolute atomic E-state index is 12.1. The van der Waals surface area contributed by atoms with Gasteiger partial charge in [-0.1, -0.05) is 6.07 Å². The van der Waals surface area contributed by atoms with Crippen LogP contribution in [0, 0.1) is 0 Å². The second kappa shape index (κ2) is 9.17. The van der Waals surface area contributed by atoms with Gasteiger partial charge in [-0.25, -0.2) is 13.6 Å². The molecular weight excluding hydrogens is 396 g/mol. The number of carbonyl (C=O) groups excluding carboxylic acids is 2. The van der Waals surface area contributed by atoms with Crippen molar-refractivity contribution in [1.29, 1.82) is 0 Å². The molecule has 1 heterocycles. The van der Waals surface area contributed by atoms with E-state index in [-0.39, 0.29) is 10.6 Å². The number of sulfonamides is 1. The van der Waals surface area contributed by atoms with Crippen LogP contribution < -0.4 is 10.5 Å². The molecule has 0 spiro atoms. The van der Waals surface area contributed by atoms with E-state index in [1.165, 1.54) is 43.0 Å². The van der Waals surface area contributed by atoms with Crippen LogP contribution in [0.5, 0.6) is 0 Å². The average molecular weight is 415 g/mol. The highest BCUT2D eigenvalue weighted by Gasteiger charge is 2.18. The first-order chi connectivity index (χ1) is 12.3. The molecule has 10 heteroatoms. The monoisotopic (exact) mass is 414 g/mol. The van der Waals surface area contributed by atoms with Crippen molar-refractivity contribution in [3.05, 3.63) is 46.7 Å². The van der Waals surface area contributed by atoms with E-state index in [2.05, 4.69) is 5.32 Å². The predicted molar refractivity (Wildman–Crippen MR) is 102 cm³/mol. The van der Waals surface area contributed by atoms with Gasteiger partial charge in [0.1, 0.15) is 0 Å². The molecule has 26 heavy (non-hydrogen) atoms. The lowest BCUT2D eigenvalue weighted by atomic mass is 10.3.